The Morgan fingerprint density at radius 3 is 1.06 bits per heavy atom. The number of nitrogens with one attached hydrogen (secondary N) is 1. The number of halogens is 2. The Kier molecular flexibility index (Phi) is 62.6. The average Bonchev–Trinajstić information content (AvgIpc) is 0.732. The molecule has 69 heteroatoms. The van der Waals surface area contributed by atoms with Gasteiger partial charge in [-0.3, -0.25) is 0 Å². The summed E-state index contributed by atoms with van der Waals surface area (Å²) in [5.41, 5.74) is 13.5. The number of benzene rings is 3. The molecule has 0 saturated carbocycles. The minimum absolute atomic E-state index is 0.0493. The van der Waals surface area contributed by atoms with E-state index in [0.29, 0.717) is 43.7 Å². The van der Waals surface area contributed by atoms with Crippen molar-refractivity contribution in [2.24, 2.45) is 0 Å². The van der Waals surface area contributed by atoms with Crippen LogP contribution in [0.5, 0.6) is 5.75 Å². The van der Waals surface area contributed by atoms with Crippen LogP contribution in [0, 0.1) is 6.92 Å². The molecule has 0 bridgehead atoms. The molecule has 0 aliphatic heterocycles. The first-order chi connectivity index (χ1) is 49.8. The van der Waals surface area contributed by atoms with Crippen molar-refractivity contribution in [2.75, 3.05) is 21.7 Å². The van der Waals surface area contributed by atoms with E-state index < -0.39 is 23.4 Å². The Morgan fingerprint density at radius 2 is 0.722 bits per heavy atom. The third-order valence-electron chi connectivity index (χ3n) is 12.2. The molecule has 3 aromatic carbocycles. The van der Waals surface area contributed by atoms with Gasteiger partial charge >= 0.3 is 12.2 Å². The van der Waals surface area contributed by atoms with Crippen LogP contribution < -0.4 is 21.7 Å². The van der Waals surface area contributed by atoms with Crippen LogP contribution in [0.2, 0.25) is 10.0 Å². The summed E-state index contributed by atoms with van der Waals surface area (Å²) in [6.07, 6.45) is 2.64. The number of fused-ring (bicyclic) bond motifs is 2. The van der Waals surface area contributed by atoms with Crippen molar-refractivity contribution >= 4 is 517 Å². The van der Waals surface area contributed by atoms with Crippen molar-refractivity contribution in [3.63, 3.8) is 0 Å². The number of carbonyl (C=O) groups is 2. The number of hydrogen-bond acceptors (Lipinski definition) is 12. The summed E-state index contributed by atoms with van der Waals surface area (Å²) in [7, 11) is 98.3. The molecule has 0 aliphatic carbocycles. The lowest BCUT2D eigenvalue weighted by molar-refractivity contribution is 0.0429. The molecule has 606 valence electrons. The maximum Gasteiger partial charge on any atom is 0.425 e. The molecule has 3 heterocycles. The predicted molar refractivity (Wildman–Crippen MR) is 666 cm³/mol. The van der Waals surface area contributed by atoms with Crippen LogP contribution in [0.4, 0.5) is 38.4 Å². The third-order valence-corrected chi connectivity index (χ3v) is 385. The van der Waals surface area contributed by atoms with E-state index in [0.717, 1.165) is 26.8 Å². The summed E-state index contributed by atoms with van der Waals surface area (Å²) in [5, 5.41) is 17.1. The summed E-state index contributed by atoms with van der Waals surface area (Å²) in [6, 6.07) is 18.0. The zero-order valence-electron chi connectivity index (χ0n) is 58.5. The first kappa shape index (κ1) is 118. The minimum atomic E-state index is -0.898. The first-order valence-electron chi connectivity index (χ1n) is 28.9. The molecule has 0 saturated heterocycles. The van der Waals surface area contributed by atoms with Gasteiger partial charge in [-0.1, -0.05) is 53.0 Å². The van der Waals surface area contributed by atoms with E-state index in [9.17, 15) is 14.7 Å². The highest BCUT2D eigenvalue weighted by Gasteiger charge is 2.60. The second-order valence-electron chi connectivity index (χ2n) is 22.7. The quantitative estimate of drug-likeness (QED) is 0.0257. The van der Waals surface area contributed by atoms with Crippen molar-refractivity contribution < 1.29 is 24.2 Å². The number of carbonyl (C=O) groups excluding carboxylic acids is 2. The summed E-state index contributed by atoms with van der Waals surface area (Å²) in [6.45, 7) is 7.19. The third kappa shape index (κ3) is 36.3. The number of amides is 2. The van der Waals surface area contributed by atoms with Crippen molar-refractivity contribution in [1.82, 2.24) is 19.9 Å². The van der Waals surface area contributed by atoms with Crippen molar-refractivity contribution in [3.05, 3.63) is 95.0 Å². The molecule has 0 spiro atoms. The maximum absolute atomic E-state index is 12.8. The van der Waals surface area contributed by atoms with Gasteiger partial charge in [-0.25, -0.2) is 29.5 Å². The number of hydrogen-bond donors (Lipinski definition) is 4. The summed E-state index contributed by atoms with van der Waals surface area (Å²) in [4.78, 5) is 43.0. The highest BCUT2D eigenvalue weighted by atomic mass is 35.5. The van der Waals surface area contributed by atoms with Crippen LogP contribution in [0.1, 0.15) is 47.1 Å². The number of imide groups is 1. The van der Waals surface area contributed by atoms with Gasteiger partial charge in [0.15, 0.2) is 17.4 Å². The van der Waals surface area contributed by atoms with Gasteiger partial charge in [0.1, 0.15) is 29.0 Å². The number of aromatic nitrogens is 4. The number of nitrogen functional groups attached to an aromatic ring is 2. The van der Waals surface area contributed by atoms with Gasteiger partial charge in [-0.05, 0) is 267 Å². The highest BCUT2D eigenvalue weighted by molar-refractivity contribution is 9.53. The minimum Gasteiger partial charge on any atom is -0.503 e. The topological polar surface area (TPSA) is 192 Å². The van der Waals surface area contributed by atoms with Crippen molar-refractivity contribution in [1.29, 1.82) is 0 Å². The van der Waals surface area contributed by atoms with Crippen LogP contribution in [-0.4, -0.2) is 48.4 Å². The van der Waals surface area contributed by atoms with Gasteiger partial charge in [-0.2, -0.15) is 4.90 Å². The summed E-state index contributed by atoms with van der Waals surface area (Å²) >= 11 is 12.8. The predicted octanol–water partition coefficient (Wildman–Crippen LogP) is 41.3. The molecule has 3 aromatic heterocycles. The highest BCUT2D eigenvalue weighted by Crippen LogP contribution is 3.47. The molecule has 13 nitrogen and oxygen atoms in total. The van der Waals surface area contributed by atoms with Crippen LogP contribution in [0.15, 0.2) is 79.4 Å². The Morgan fingerprint density at radius 1 is 0.407 bits per heavy atom. The van der Waals surface area contributed by atoms with E-state index in [2.05, 4.69) is 275 Å². The smallest absolute Gasteiger partial charge is 0.425 e. The molecule has 29 unspecified atom stereocenters. The second-order valence-corrected chi connectivity index (χ2v) is 245. The molecule has 6 N–H and O–H groups in total. The zero-order chi connectivity index (χ0) is 82.5. The Bertz CT molecular complexity index is 3670. The fourth-order valence-corrected chi connectivity index (χ4v) is 784. The lowest BCUT2D eigenvalue weighted by Gasteiger charge is -2.59. The lowest BCUT2D eigenvalue weighted by Crippen LogP contribution is -2.44. The van der Waals surface area contributed by atoms with Gasteiger partial charge in [-0.15, -0.1) is 250 Å². The second kappa shape index (κ2) is 57.5. The van der Waals surface area contributed by atoms with Crippen LogP contribution in [0.3, 0.4) is 0 Å². The Balaban J connectivity index is 0.000000377. The van der Waals surface area contributed by atoms with Crippen LogP contribution in [0.25, 0.3) is 32.8 Å². The van der Waals surface area contributed by atoms with E-state index in [1.165, 1.54) is 12.5 Å². The van der Waals surface area contributed by atoms with E-state index in [1.54, 1.807) is 78.1 Å². The lowest BCUT2D eigenvalue weighted by atomic mass is 10.1. The summed E-state index contributed by atoms with van der Waals surface area (Å²) < 4.78 is 10.8. The Labute approximate surface area is 745 Å². The molecule has 6 aromatic rings. The molecule has 0 aliphatic rings. The molecule has 108 heavy (non-hydrogen) atoms. The maximum atomic E-state index is 12.8. The average molecular weight is 2500 g/mol. The van der Waals surface area contributed by atoms with Gasteiger partial charge in [0.25, 0.3) is 0 Å². The van der Waals surface area contributed by atoms with Crippen LogP contribution in [-0.2, 0) is 9.47 Å². The number of rotatable bonds is 29. The van der Waals surface area contributed by atoms with E-state index in [-0.39, 0.29) is 199 Å². The molecular weight excluding hydrogens is 2400 g/mol. The van der Waals surface area contributed by atoms with E-state index in [4.69, 9.17) is 44.1 Å². The molecular formula is C39H96Cl2N8O5P54. The zero-order valence-corrected chi connectivity index (χ0v) is 116. The monoisotopic (exact) mass is 2500 g/mol. The van der Waals surface area contributed by atoms with E-state index >= 15 is 0 Å². The van der Waals surface area contributed by atoms with Gasteiger partial charge in [0.2, 0.25) is 0 Å². The van der Waals surface area contributed by atoms with Crippen LogP contribution >= 0.6 is 455 Å². The van der Waals surface area contributed by atoms with E-state index in [1.807, 2.05) is 37.3 Å². The largest absolute Gasteiger partial charge is 0.503 e. The van der Waals surface area contributed by atoms with Crippen molar-refractivity contribution in [3.8, 4) is 17.0 Å². The SMILES string of the molecule is CC(C)(C)OC(=O)N(C(=O)OC(C)(C)C)c1nccc2c(Cl)c(N)ccc12.Cc1ccc(-c2ncnc(Nc3ccc4c(N)nccc4c3Cl)c2O)cc1.PP(P)P(P(P)P)P(P(P(P)P)P(P)P)P(P(P(P)P)P(P)P)P(P(P(P(P)P)P(P)P)P(P(P)P)P(P)P)P(P(P(P)P)P(P)P)P(P(P)P)P(P)P. The van der Waals surface area contributed by atoms with Gasteiger partial charge in [0, 0.05) is 39.5 Å². The van der Waals surface area contributed by atoms with Gasteiger partial charge in [0.05, 0.1) is 21.4 Å². The fraction of sp³-hybridized carbons (Fsp3) is 0.231. The number of nitrogens with two attached hydrogens (primary N) is 2. The number of aromatic hydroxyl groups is 1. The molecule has 2 amide bonds. The fourth-order valence-electron chi connectivity index (χ4n) is 8.32. The molecule has 0 radical (unpaired) electrons. The number of anilines is 5. The number of ether oxygens (including phenoxy) is 2. The standard InChI is InChI=1S/C20H16ClN5O.C19H24ClN3O4.H56P54/c1-11-2-4-12(5-3-11)17-18(27)20(25-10-24-17)26-15-7-6-14-13(16(15)21)8-9-23-19(14)22;1-18(2,3)26-16(24)23(17(25)27-19(4,5)6)15-12-7-8-13(21)14(20)11(12)9-10-22-15;1-29(2)43(30(3)4)50(44(31(5)6)32(7)8)53(49(41(25)26)42(27)28)54(51(45(33(9)10)34(11)12)46(35(13)14)36(15)16)52(47(37(17)18)38(19)20)48(39(21)22)40(23)24/h2-10,27H,1H3,(H2,22,23)(H,24,25,26);7-10H,21H2,1-6H3;1-28H2. The molecule has 6 rings (SSSR count). The molecule has 29 atom stereocenters. The number of pyridine rings is 2. The molecule has 0 fully saturated rings. The first-order valence-corrected chi connectivity index (χ1v) is 127. The van der Waals surface area contributed by atoms with Crippen molar-refractivity contribution in [2.45, 2.75) is 59.7 Å². The van der Waals surface area contributed by atoms with Gasteiger partial charge < -0.3 is 31.4 Å². The number of nitrogens with zero attached hydrogens (tertiary/aromatic N) is 5. The Hall–Kier alpha value is 17.3. The normalized spacial score (nSPS) is 13.2. The summed E-state index contributed by atoms with van der Waals surface area (Å²) in [5.74, 6) is 0.681. The number of aryl methyl sites for hydroxylation is 1.